The minimum absolute atomic E-state index is 0.0571. The molecular weight excluding hydrogens is 439 g/mol. The number of aromatic hydroxyl groups is 2. The molecule has 2 N–H and O–H groups in total. The Bertz CT molecular complexity index is 1520. The Balaban J connectivity index is 1.59. The summed E-state index contributed by atoms with van der Waals surface area (Å²) >= 11 is 12.3. The SMILES string of the molecule is O=C(N=C1N=c2ccccc2=N1)c1ccc2c(O)n(-c3cc(Cl)ccc3Cl)c(O)c2c1. The standard InChI is InChI=1S/C22H12Cl2N4O3/c23-12-6-8-15(24)18(10-12)28-20(30)13-7-5-11(9-14(13)21(28)31)19(29)27-22-25-16-3-1-2-4-17(16)26-22/h1-10,30-31H. The second-order valence-corrected chi connectivity index (χ2v) is 7.61. The van der Waals surface area contributed by atoms with E-state index in [2.05, 4.69) is 15.0 Å². The first-order chi connectivity index (χ1) is 14.9. The Morgan fingerprint density at radius 1 is 0.871 bits per heavy atom. The van der Waals surface area contributed by atoms with Crippen LogP contribution in [0, 0.1) is 0 Å². The molecule has 0 bridgehead atoms. The van der Waals surface area contributed by atoms with Crippen molar-refractivity contribution in [2.24, 2.45) is 15.0 Å². The van der Waals surface area contributed by atoms with Crippen molar-refractivity contribution in [2.75, 3.05) is 0 Å². The number of carbonyl (C=O) groups excluding carboxylic acids is 1. The monoisotopic (exact) mass is 450 g/mol. The van der Waals surface area contributed by atoms with Crippen LogP contribution < -0.4 is 10.7 Å². The van der Waals surface area contributed by atoms with Gasteiger partial charge in [0.25, 0.3) is 11.9 Å². The highest BCUT2D eigenvalue weighted by Crippen LogP contribution is 2.41. The average Bonchev–Trinajstić information content (AvgIpc) is 3.28. The number of para-hydroxylation sites is 2. The molecule has 31 heavy (non-hydrogen) atoms. The van der Waals surface area contributed by atoms with E-state index in [0.29, 0.717) is 26.8 Å². The summed E-state index contributed by atoms with van der Waals surface area (Å²) in [7, 11) is 0. The highest BCUT2D eigenvalue weighted by Gasteiger charge is 2.21. The van der Waals surface area contributed by atoms with Gasteiger partial charge >= 0.3 is 0 Å². The normalized spacial score (nSPS) is 12.4. The molecule has 0 radical (unpaired) electrons. The van der Waals surface area contributed by atoms with Gasteiger partial charge in [-0.15, -0.1) is 0 Å². The van der Waals surface area contributed by atoms with Crippen LogP contribution >= 0.6 is 23.2 Å². The van der Waals surface area contributed by atoms with E-state index in [-0.39, 0.29) is 33.7 Å². The van der Waals surface area contributed by atoms with Crippen molar-refractivity contribution in [3.63, 3.8) is 0 Å². The summed E-state index contributed by atoms with van der Waals surface area (Å²) in [6, 6.07) is 16.3. The minimum Gasteiger partial charge on any atom is -0.494 e. The van der Waals surface area contributed by atoms with Gasteiger partial charge in [-0.05, 0) is 48.5 Å². The zero-order chi connectivity index (χ0) is 21.7. The van der Waals surface area contributed by atoms with Crippen LogP contribution in [0.3, 0.4) is 0 Å². The molecule has 0 atom stereocenters. The summed E-state index contributed by atoms with van der Waals surface area (Å²) in [5.74, 6) is -1.05. The first-order valence-corrected chi connectivity index (χ1v) is 9.85. The van der Waals surface area contributed by atoms with Crippen molar-refractivity contribution >= 4 is 45.8 Å². The summed E-state index contributed by atoms with van der Waals surface area (Å²) in [6.07, 6.45) is 0. The molecule has 0 spiro atoms. The largest absolute Gasteiger partial charge is 0.494 e. The first kappa shape index (κ1) is 19.3. The average molecular weight is 451 g/mol. The van der Waals surface area contributed by atoms with Crippen LogP contribution in [-0.4, -0.2) is 26.6 Å². The van der Waals surface area contributed by atoms with Gasteiger partial charge in [0, 0.05) is 21.4 Å². The van der Waals surface area contributed by atoms with E-state index in [1.807, 2.05) is 12.1 Å². The molecule has 7 nitrogen and oxygen atoms in total. The Morgan fingerprint density at radius 2 is 1.55 bits per heavy atom. The lowest BCUT2D eigenvalue weighted by molar-refractivity contribution is 0.100. The molecule has 0 unspecified atom stereocenters. The molecule has 0 aliphatic carbocycles. The summed E-state index contributed by atoms with van der Waals surface area (Å²) in [5, 5.41) is 24.0. The van der Waals surface area contributed by atoms with Crippen molar-refractivity contribution in [1.29, 1.82) is 0 Å². The van der Waals surface area contributed by atoms with E-state index in [1.54, 1.807) is 24.3 Å². The number of hydrogen-bond acceptors (Lipinski definition) is 3. The second kappa shape index (κ2) is 7.23. The smallest absolute Gasteiger partial charge is 0.280 e. The Labute approximate surface area is 184 Å². The lowest BCUT2D eigenvalue weighted by atomic mass is 10.1. The molecular formula is C22H12Cl2N4O3. The summed E-state index contributed by atoms with van der Waals surface area (Å²) in [6.45, 7) is 0. The van der Waals surface area contributed by atoms with Crippen LogP contribution in [0.15, 0.2) is 75.6 Å². The predicted molar refractivity (Wildman–Crippen MR) is 117 cm³/mol. The number of fused-ring (bicyclic) bond motifs is 2. The molecule has 3 aromatic carbocycles. The molecule has 4 aromatic rings. The molecule has 0 saturated carbocycles. The van der Waals surface area contributed by atoms with Crippen molar-refractivity contribution in [3.8, 4) is 17.4 Å². The van der Waals surface area contributed by atoms with E-state index in [4.69, 9.17) is 23.2 Å². The van der Waals surface area contributed by atoms with Crippen molar-refractivity contribution in [1.82, 2.24) is 4.57 Å². The zero-order valence-corrected chi connectivity index (χ0v) is 17.1. The van der Waals surface area contributed by atoms with E-state index in [9.17, 15) is 15.0 Å². The van der Waals surface area contributed by atoms with Crippen molar-refractivity contribution in [2.45, 2.75) is 0 Å². The first-order valence-electron chi connectivity index (χ1n) is 9.10. The molecule has 1 amide bonds. The number of halogens is 2. The van der Waals surface area contributed by atoms with Crippen LogP contribution in [0.5, 0.6) is 11.8 Å². The van der Waals surface area contributed by atoms with E-state index in [0.717, 1.165) is 4.57 Å². The van der Waals surface area contributed by atoms with Crippen molar-refractivity contribution in [3.05, 3.63) is 87.0 Å². The fourth-order valence-corrected chi connectivity index (χ4v) is 3.75. The van der Waals surface area contributed by atoms with Crippen LogP contribution in [0.1, 0.15) is 10.4 Å². The molecule has 2 heterocycles. The number of aliphatic imine (C=N–C) groups is 1. The Kier molecular flexibility index (Phi) is 4.50. The van der Waals surface area contributed by atoms with Crippen LogP contribution in [-0.2, 0) is 0 Å². The van der Waals surface area contributed by atoms with Gasteiger partial charge in [-0.2, -0.15) is 4.99 Å². The van der Waals surface area contributed by atoms with Crippen LogP contribution in [0.4, 0.5) is 0 Å². The summed E-state index contributed by atoms with van der Waals surface area (Å²) < 4.78 is 1.16. The second-order valence-electron chi connectivity index (χ2n) is 6.77. The number of benzene rings is 3. The number of amides is 1. The molecule has 1 aliphatic rings. The minimum atomic E-state index is -0.579. The zero-order valence-electron chi connectivity index (χ0n) is 15.6. The third-order valence-corrected chi connectivity index (χ3v) is 5.40. The van der Waals surface area contributed by atoms with Crippen LogP contribution in [0.2, 0.25) is 10.0 Å². The molecule has 5 rings (SSSR count). The number of hydrogen-bond donors (Lipinski definition) is 2. The van der Waals surface area contributed by atoms with Gasteiger partial charge < -0.3 is 10.2 Å². The predicted octanol–water partition coefficient (Wildman–Crippen LogP) is 3.80. The van der Waals surface area contributed by atoms with Gasteiger partial charge in [-0.25, -0.2) is 14.6 Å². The number of nitrogens with zero attached hydrogens (tertiary/aromatic N) is 4. The summed E-state index contributed by atoms with van der Waals surface area (Å²) in [5.41, 5.74) is 0.501. The maximum absolute atomic E-state index is 12.7. The molecule has 152 valence electrons. The van der Waals surface area contributed by atoms with Gasteiger partial charge in [0.15, 0.2) is 0 Å². The highest BCUT2D eigenvalue weighted by atomic mass is 35.5. The van der Waals surface area contributed by atoms with Gasteiger partial charge in [-0.1, -0.05) is 35.3 Å². The van der Waals surface area contributed by atoms with Gasteiger partial charge in [-0.3, -0.25) is 4.79 Å². The fraction of sp³-hybridized carbons (Fsp3) is 0. The topological polar surface area (TPSA) is 99.5 Å². The molecule has 1 aliphatic heterocycles. The highest BCUT2D eigenvalue weighted by molar-refractivity contribution is 6.34. The lowest BCUT2D eigenvalue weighted by Crippen LogP contribution is -2.19. The van der Waals surface area contributed by atoms with E-state index < -0.39 is 5.91 Å². The fourth-order valence-electron chi connectivity index (χ4n) is 3.38. The number of guanidine groups is 1. The van der Waals surface area contributed by atoms with E-state index in [1.165, 1.54) is 24.3 Å². The number of carbonyl (C=O) groups is 1. The third-order valence-electron chi connectivity index (χ3n) is 4.85. The number of rotatable bonds is 2. The summed E-state index contributed by atoms with van der Waals surface area (Å²) in [4.78, 5) is 25.1. The van der Waals surface area contributed by atoms with Crippen molar-refractivity contribution < 1.29 is 15.0 Å². The maximum Gasteiger partial charge on any atom is 0.280 e. The Hall–Kier alpha value is -3.68. The van der Waals surface area contributed by atoms with E-state index >= 15 is 0 Å². The van der Waals surface area contributed by atoms with Gasteiger partial charge in [0.1, 0.15) is 0 Å². The maximum atomic E-state index is 12.7. The molecule has 0 fully saturated rings. The Morgan fingerprint density at radius 3 is 2.26 bits per heavy atom. The quantitative estimate of drug-likeness (QED) is 0.485. The third kappa shape index (κ3) is 3.24. The molecule has 9 heteroatoms. The number of aromatic nitrogens is 1. The van der Waals surface area contributed by atoms with Gasteiger partial charge in [0.05, 0.1) is 21.4 Å². The van der Waals surface area contributed by atoms with Crippen LogP contribution in [0.25, 0.3) is 16.5 Å². The lowest BCUT2D eigenvalue weighted by Gasteiger charge is -2.09. The molecule has 1 aromatic heterocycles. The van der Waals surface area contributed by atoms with Gasteiger partial charge in [0.2, 0.25) is 11.8 Å². The molecule has 0 saturated heterocycles.